The van der Waals surface area contributed by atoms with Gasteiger partial charge in [0.05, 0.1) is 5.69 Å². The minimum Gasteiger partial charge on any atom is -0.483 e. The van der Waals surface area contributed by atoms with E-state index in [1.54, 1.807) is 12.1 Å². The fourth-order valence-electron chi connectivity index (χ4n) is 1.59. The Labute approximate surface area is 100.0 Å². The van der Waals surface area contributed by atoms with Gasteiger partial charge in [0.15, 0.2) is 0 Å². The number of fused-ring (bicyclic) bond motifs is 1. The first kappa shape index (κ1) is 11.9. The number of rotatable bonds is 2. The second-order valence-corrected chi connectivity index (χ2v) is 5.52. The van der Waals surface area contributed by atoms with E-state index in [1.165, 1.54) is 6.07 Å². The molecule has 0 saturated heterocycles. The van der Waals surface area contributed by atoms with Crippen LogP contribution in [0.15, 0.2) is 24.3 Å². The van der Waals surface area contributed by atoms with Gasteiger partial charge in [-0.15, -0.1) is 0 Å². The van der Waals surface area contributed by atoms with Gasteiger partial charge in [-0.2, -0.15) is 8.42 Å². The van der Waals surface area contributed by atoms with E-state index < -0.39 is 10.3 Å². The molecule has 0 amide bonds. The van der Waals surface area contributed by atoms with Crippen LogP contribution in [0.1, 0.15) is 19.4 Å². The molecule has 92 valence electrons. The molecule has 0 unspecified atom stereocenters. The fraction of sp³-hybridized carbons (Fsp3) is 0.273. The first-order chi connectivity index (χ1) is 7.75. The van der Waals surface area contributed by atoms with Gasteiger partial charge >= 0.3 is 10.3 Å². The van der Waals surface area contributed by atoms with Crippen molar-refractivity contribution in [1.29, 1.82) is 0 Å². The molecule has 0 fully saturated rings. The first-order valence-corrected chi connectivity index (χ1v) is 6.47. The highest BCUT2D eigenvalue weighted by molar-refractivity contribution is 7.87. The van der Waals surface area contributed by atoms with Crippen molar-refractivity contribution in [2.45, 2.75) is 19.4 Å². The molecule has 1 aliphatic rings. The van der Waals surface area contributed by atoms with E-state index in [0.29, 0.717) is 11.4 Å². The molecule has 1 aliphatic heterocycles. The Bertz CT molecular complexity index is 575. The van der Waals surface area contributed by atoms with Crippen LogP contribution >= 0.6 is 0 Å². The second-order valence-electron chi connectivity index (χ2n) is 4.37. The minimum atomic E-state index is -4.24. The normalized spacial score (nSPS) is 17.1. The van der Waals surface area contributed by atoms with Crippen LogP contribution < -0.4 is 9.46 Å². The summed E-state index contributed by atoms with van der Waals surface area (Å²) in [4.78, 5) is 0. The molecule has 1 aromatic carbocycles. The molecule has 5 nitrogen and oxygen atoms in total. The minimum absolute atomic E-state index is 0.291. The Morgan fingerprint density at radius 2 is 2.06 bits per heavy atom. The first-order valence-electron chi connectivity index (χ1n) is 5.03. The molecular formula is C11H13NO4S. The summed E-state index contributed by atoms with van der Waals surface area (Å²) in [5, 5.41) is 0. The van der Waals surface area contributed by atoms with Crippen LogP contribution in [-0.2, 0) is 10.3 Å². The number of nitrogens with one attached hydrogen (secondary N) is 1. The Morgan fingerprint density at radius 1 is 1.35 bits per heavy atom. The summed E-state index contributed by atoms with van der Waals surface area (Å²) in [5.41, 5.74) is 0.683. The molecule has 0 saturated carbocycles. The maximum atomic E-state index is 10.7. The molecule has 0 spiro atoms. The number of hydrogen-bond acceptors (Lipinski definition) is 3. The van der Waals surface area contributed by atoms with Gasteiger partial charge in [-0.05, 0) is 38.1 Å². The second kappa shape index (κ2) is 3.75. The van der Waals surface area contributed by atoms with Crippen molar-refractivity contribution in [2.24, 2.45) is 0 Å². The summed E-state index contributed by atoms with van der Waals surface area (Å²) >= 11 is 0. The summed E-state index contributed by atoms with van der Waals surface area (Å²) in [6, 6.07) is 4.78. The lowest BCUT2D eigenvalue weighted by molar-refractivity contribution is 0.159. The SMILES string of the molecule is CC1(C)C=Cc2cc(NS(=O)(=O)O)ccc2O1. The lowest BCUT2D eigenvalue weighted by Crippen LogP contribution is -2.27. The van der Waals surface area contributed by atoms with E-state index in [9.17, 15) is 8.42 Å². The summed E-state index contributed by atoms with van der Waals surface area (Å²) in [5.74, 6) is 0.679. The van der Waals surface area contributed by atoms with Crippen molar-refractivity contribution < 1.29 is 17.7 Å². The quantitative estimate of drug-likeness (QED) is 0.793. The van der Waals surface area contributed by atoms with Gasteiger partial charge in [0.2, 0.25) is 0 Å². The maximum absolute atomic E-state index is 10.7. The zero-order valence-electron chi connectivity index (χ0n) is 9.47. The molecule has 0 atom stereocenters. The third kappa shape index (κ3) is 2.98. The largest absolute Gasteiger partial charge is 0.483 e. The van der Waals surface area contributed by atoms with Crippen LogP contribution in [0.3, 0.4) is 0 Å². The van der Waals surface area contributed by atoms with Crippen LogP contribution in [0.4, 0.5) is 5.69 Å². The van der Waals surface area contributed by atoms with E-state index in [-0.39, 0.29) is 5.60 Å². The maximum Gasteiger partial charge on any atom is 0.357 e. The van der Waals surface area contributed by atoms with Crippen LogP contribution in [0, 0.1) is 0 Å². The van der Waals surface area contributed by atoms with Crippen LogP contribution in [0.25, 0.3) is 6.08 Å². The molecule has 2 rings (SSSR count). The predicted octanol–water partition coefficient (Wildman–Crippen LogP) is 2.09. The van der Waals surface area contributed by atoms with Crippen LogP contribution in [0.2, 0.25) is 0 Å². The molecule has 1 heterocycles. The molecule has 0 aromatic heterocycles. The summed E-state index contributed by atoms with van der Waals surface area (Å²) < 4.78 is 37.7. The van der Waals surface area contributed by atoms with Gasteiger partial charge in [-0.25, -0.2) is 0 Å². The smallest absolute Gasteiger partial charge is 0.357 e. The highest BCUT2D eigenvalue weighted by Crippen LogP contribution is 2.32. The van der Waals surface area contributed by atoms with Gasteiger partial charge in [0.25, 0.3) is 0 Å². The van der Waals surface area contributed by atoms with Crippen molar-refractivity contribution in [1.82, 2.24) is 0 Å². The number of ether oxygens (including phenoxy) is 1. The summed E-state index contributed by atoms with van der Waals surface area (Å²) in [6.45, 7) is 3.85. The van der Waals surface area contributed by atoms with Crippen LogP contribution in [-0.4, -0.2) is 18.6 Å². The number of anilines is 1. The Hall–Kier alpha value is -1.53. The summed E-state index contributed by atoms with van der Waals surface area (Å²) in [7, 11) is -4.24. The zero-order chi connectivity index (χ0) is 12.7. The molecule has 6 heteroatoms. The molecular weight excluding hydrogens is 242 g/mol. The number of benzene rings is 1. The monoisotopic (exact) mass is 255 g/mol. The Kier molecular flexibility index (Phi) is 2.63. The molecule has 2 N–H and O–H groups in total. The summed E-state index contributed by atoms with van der Waals surface area (Å²) in [6.07, 6.45) is 3.74. The third-order valence-electron chi connectivity index (χ3n) is 2.29. The van der Waals surface area contributed by atoms with Gasteiger partial charge in [-0.3, -0.25) is 9.27 Å². The van der Waals surface area contributed by atoms with Gasteiger partial charge in [-0.1, -0.05) is 6.08 Å². The van der Waals surface area contributed by atoms with Crippen molar-refractivity contribution in [3.63, 3.8) is 0 Å². The fourth-order valence-corrected chi connectivity index (χ4v) is 2.02. The third-order valence-corrected chi connectivity index (χ3v) is 2.79. The highest BCUT2D eigenvalue weighted by Gasteiger charge is 2.21. The van der Waals surface area contributed by atoms with Crippen molar-refractivity contribution in [3.05, 3.63) is 29.8 Å². The van der Waals surface area contributed by atoms with Gasteiger partial charge in [0.1, 0.15) is 11.4 Å². The Balaban J connectivity index is 2.34. The average molecular weight is 255 g/mol. The molecule has 1 aromatic rings. The molecule has 0 aliphatic carbocycles. The van der Waals surface area contributed by atoms with Crippen molar-refractivity contribution >= 4 is 22.1 Å². The average Bonchev–Trinajstić information content (AvgIpc) is 2.15. The van der Waals surface area contributed by atoms with E-state index in [0.717, 1.165) is 5.56 Å². The molecule has 0 radical (unpaired) electrons. The standard InChI is InChI=1S/C11H13NO4S/c1-11(2)6-5-8-7-9(12-17(13,14)15)3-4-10(8)16-11/h3-7,12H,1-2H3,(H,13,14,15). The highest BCUT2D eigenvalue weighted by atomic mass is 32.2. The lowest BCUT2D eigenvalue weighted by atomic mass is 10.0. The van der Waals surface area contributed by atoms with Crippen molar-refractivity contribution in [2.75, 3.05) is 4.72 Å². The van der Waals surface area contributed by atoms with E-state index in [4.69, 9.17) is 9.29 Å². The van der Waals surface area contributed by atoms with Gasteiger partial charge in [0, 0.05) is 5.56 Å². The topological polar surface area (TPSA) is 75.6 Å². The van der Waals surface area contributed by atoms with E-state index in [2.05, 4.69) is 0 Å². The zero-order valence-corrected chi connectivity index (χ0v) is 10.3. The van der Waals surface area contributed by atoms with Crippen LogP contribution in [0.5, 0.6) is 5.75 Å². The Morgan fingerprint density at radius 3 is 2.71 bits per heavy atom. The van der Waals surface area contributed by atoms with E-state index in [1.807, 2.05) is 30.7 Å². The van der Waals surface area contributed by atoms with E-state index >= 15 is 0 Å². The van der Waals surface area contributed by atoms with Gasteiger partial charge < -0.3 is 4.74 Å². The predicted molar refractivity (Wildman–Crippen MR) is 65.4 cm³/mol. The lowest BCUT2D eigenvalue weighted by Gasteiger charge is -2.27. The molecule has 0 bridgehead atoms. The molecule has 17 heavy (non-hydrogen) atoms. The van der Waals surface area contributed by atoms with Crippen molar-refractivity contribution in [3.8, 4) is 5.75 Å². The number of hydrogen-bond donors (Lipinski definition) is 2.